The number of halogens is 2. The summed E-state index contributed by atoms with van der Waals surface area (Å²) in [6, 6.07) is 8.32. The lowest BCUT2D eigenvalue weighted by Crippen LogP contribution is -2.44. The third-order valence-corrected chi connectivity index (χ3v) is 5.56. The van der Waals surface area contributed by atoms with Gasteiger partial charge in [-0.15, -0.1) is 11.8 Å². The molecule has 3 rings (SSSR count). The van der Waals surface area contributed by atoms with E-state index >= 15 is 0 Å². The van der Waals surface area contributed by atoms with Gasteiger partial charge in [0.15, 0.2) is 5.76 Å². The van der Waals surface area contributed by atoms with Gasteiger partial charge in [-0.25, -0.2) is 0 Å². The van der Waals surface area contributed by atoms with Crippen LogP contribution in [0, 0.1) is 0 Å². The molecule has 0 N–H and O–H groups in total. The molecule has 1 saturated heterocycles. The van der Waals surface area contributed by atoms with Crippen LogP contribution < -0.4 is 0 Å². The van der Waals surface area contributed by atoms with E-state index in [9.17, 15) is 9.59 Å². The average molecular weight is 400 g/mol. The van der Waals surface area contributed by atoms with Gasteiger partial charge < -0.3 is 14.1 Å². The number of amides is 1. The van der Waals surface area contributed by atoms with E-state index in [0.717, 1.165) is 0 Å². The maximum absolute atomic E-state index is 12.7. The zero-order valence-corrected chi connectivity index (χ0v) is 15.7. The Hall–Kier alpha value is -1.63. The van der Waals surface area contributed by atoms with E-state index in [1.165, 1.54) is 18.9 Å². The number of benzene rings is 1. The van der Waals surface area contributed by atoms with Crippen LogP contribution in [0.1, 0.15) is 10.6 Å². The van der Waals surface area contributed by atoms with Crippen molar-refractivity contribution in [3.05, 3.63) is 46.1 Å². The molecule has 1 aliphatic heterocycles. The molecule has 1 fully saturated rings. The van der Waals surface area contributed by atoms with Crippen LogP contribution in [0.3, 0.4) is 0 Å². The standard InChI is InChI=1S/C17H15Cl2NO4S/c1-23-17(22)15-9-20(6-7-25-15)16(21)14-5-4-13(24-14)11-8-10(18)2-3-12(11)19/h2-5,8,15H,6-7,9H2,1H3/t15-/m1/s1. The molecule has 1 amide bonds. The first-order valence-corrected chi connectivity index (χ1v) is 9.34. The van der Waals surface area contributed by atoms with E-state index in [1.54, 1.807) is 35.2 Å². The lowest BCUT2D eigenvalue weighted by atomic mass is 10.2. The van der Waals surface area contributed by atoms with Crippen LogP contribution in [0.25, 0.3) is 11.3 Å². The lowest BCUT2D eigenvalue weighted by Gasteiger charge is -2.30. The van der Waals surface area contributed by atoms with E-state index in [0.29, 0.717) is 40.2 Å². The third kappa shape index (κ3) is 3.97. The van der Waals surface area contributed by atoms with Crippen LogP contribution in [0.15, 0.2) is 34.7 Å². The van der Waals surface area contributed by atoms with Crippen molar-refractivity contribution >= 4 is 46.8 Å². The Bertz CT molecular complexity index is 808. The van der Waals surface area contributed by atoms with Crippen molar-refractivity contribution in [2.24, 2.45) is 0 Å². The number of methoxy groups -OCH3 is 1. The molecule has 0 saturated carbocycles. The van der Waals surface area contributed by atoms with Gasteiger partial charge in [0, 0.05) is 29.4 Å². The summed E-state index contributed by atoms with van der Waals surface area (Å²) in [6.45, 7) is 0.842. The van der Waals surface area contributed by atoms with Gasteiger partial charge in [-0.1, -0.05) is 23.2 Å². The summed E-state index contributed by atoms with van der Waals surface area (Å²) < 4.78 is 10.4. The van der Waals surface area contributed by atoms with Crippen LogP contribution in [0.5, 0.6) is 0 Å². The van der Waals surface area contributed by atoms with Crippen molar-refractivity contribution in [3.63, 3.8) is 0 Å². The number of thioether (sulfide) groups is 1. The van der Waals surface area contributed by atoms with Gasteiger partial charge in [-0.3, -0.25) is 9.59 Å². The zero-order valence-electron chi connectivity index (χ0n) is 13.3. The van der Waals surface area contributed by atoms with Crippen molar-refractivity contribution < 1.29 is 18.7 Å². The molecule has 0 spiro atoms. The van der Waals surface area contributed by atoms with Crippen molar-refractivity contribution in [3.8, 4) is 11.3 Å². The van der Waals surface area contributed by atoms with E-state index in [4.69, 9.17) is 32.4 Å². The lowest BCUT2D eigenvalue weighted by molar-refractivity contribution is -0.140. The van der Waals surface area contributed by atoms with Gasteiger partial charge in [0.05, 0.1) is 12.1 Å². The zero-order chi connectivity index (χ0) is 18.0. The fourth-order valence-corrected chi connectivity index (χ4v) is 4.06. The highest BCUT2D eigenvalue weighted by atomic mass is 35.5. The summed E-state index contributed by atoms with van der Waals surface area (Å²) in [5.41, 5.74) is 0.620. The van der Waals surface area contributed by atoms with Crippen molar-refractivity contribution in [1.29, 1.82) is 0 Å². The Balaban J connectivity index is 1.79. The summed E-state index contributed by atoms with van der Waals surface area (Å²) >= 11 is 13.7. The van der Waals surface area contributed by atoms with Crippen LogP contribution in [0.2, 0.25) is 10.0 Å². The fourth-order valence-electron chi connectivity index (χ4n) is 2.55. The fraction of sp³-hybridized carbons (Fsp3) is 0.294. The number of esters is 1. The first kappa shape index (κ1) is 18.2. The molecule has 1 aromatic heterocycles. The predicted molar refractivity (Wildman–Crippen MR) is 98.3 cm³/mol. The van der Waals surface area contributed by atoms with E-state index in [1.807, 2.05) is 0 Å². The molecule has 132 valence electrons. The number of hydrogen-bond acceptors (Lipinski definition) is 5. The Morgan fingerprint density at radius 1 is 1.28 bits per heavy atom. The van der Waals surface area contributed by atoms with E-state index in [-0.39, 0.29) is 22.9 Å². The topological polar surface area (TPSA) is 59.8 Å². The highest BCUT2D eigenvalue weighted by Crippen LogP contribution is 2.32. The second kappa shape index (κ2) is 7.72. The average Bonchev–Trinajstić information content (AvgIpc) is 3.12. The number of nitrogens with zero attached hydrogens (tertiary/aromatic N) is 1. The van der Waals surface area contributed by atoms with Gasteiger partial charge in [0.25, 0.3) is 5.91 Å². The number of carbonyl (C=O) groups excluding carboxylic acids is 2. The molecular formula is C17H15Cl2NO4S. The predicted octanol–water partition coefficient (Wildman–Crippen LogP) is 3.98. The molecule has 0 unspecified atom stereocenters. The molecule has 2 aromatic rings. The molecule has 2 heterocycles. The molecular weight excluding hydrogens is 385 g/mol. The summed E-state index contributed by atoms with van der Waals surface area (Å²) in [4.78, 5) is 26.0. The second-order valence-corrected chi connectivity index (χ2v) is 7.58. The second-order valence-electron chi connectivity index (χ2n) is 5.42. The summed E-state index contributed by atoms with van der Waals surface area (Å²) in [7, 11) is 1.34. The minimum atomic E-state index is -0.375. The van der Waals surface area contributed by atoms with Gasteiger partial charge in [0.2, 0.25) is 0 Å². The Kier molecular flexibility index (Phi) is 5.61. The Morgan fingerprint density at radius 3 is 2.84 bits per heavy atom. The van der Waals surface area contributed by atoms with Crippen molar-refractivity contribution in [1.82, 2.24) is 4.90 Å². The molecule has 1 atom stereocenters. The summed E-state index contributed by atoms with van der Waals surface area (Å²) in [5.74, 6) is 0.736. The van der Waals surface area contributed by atoms with E-state index in [2.05, 4.69) is 0 Å². The van der Waals surface area contributed by atoms with Gasteiger partial charge in [-0.2, -0.15) is 0 Å². The molecule has 0 radical (unpaired) electrons. The molecule has 5 nitrogen and oxygen atoms in total. The molecule has 1 aromatic carbocycles. The smallest absolute Gasteiger partial charge is 0.320 e. The molecule has 0 aliphatic carbocycles. The van der Waals surface area contributed by atoms with Gasteiger partial charge in [-0.05, 0) is 30.3 Å². The van der Waals surface area contributed by atoms with E-state index < -0.39 is 0 Å². The minimum absolute atomic E-state index is 0.196. The number of rotatable bonds is 3. The molecule has 1 aliphatic rings. The van der Waals surface area contributed by atoms with Crippen molar-refractivity contribution in [2.45, 2.75) is 5.25 Å². The number of carbonyl (C=O) groups is 2. The summed E-state index contributed by atoms with van der Waals surface area (Å²) in [6.07, 6.45) is 0. The maximum Gasteiger partial charge on any atom is 0.320 e. The van der Waals surface area contributed by atoms with Crippen LogP contribution in [0.4, 0.5) is 0 Å². The Morgan fingerprint density at radius 2 is 2.08 bits per heavy atom. The Labute approximate surface area is 159 Å². The van der Waals surface area contributed by atoms with Crippen LogP contribution in [-0.2, 0) is 9.53 Å². The first-order chi connectivity index (χ1) is 12.0. The SMILES string of the molecule is COC(=O)[C@H]1CN(C(=O)c2ccc(-c3cc(Cl)ccc3Cl)o2)CCS1. The largest absolute Gasteiger partial charge is 0.468 e. The maximum atomic E-state index is 12.7. The highest BCUT2D eigenvalue weighted by molar-refractivity contribution is 8.00. The van der Waals surface area contributed by atoms with Crippen LogP contribution >= 0.6 is 35.0 Å². The molecule has 25 heavy (non-hydrogen) atoms. The third-order valence-electron chi connectivity index (χ3n) is 3.83. The van der Waals surface area contributed by atoms with Crippen LogP contribution in [-0.4, -0.2) is 48.0 Å². The number of ether oxygens (including phenoxy) is 1. The monoisotopic (exact) mass is 399 g/mol. The first-order valence-electron chi connectivity index (χ1n) is 7.53. The normalized spacial score (nSPS) is 17.4. The number of furan rings is 1. The van der Waals surface area contributed by atoms with Gasteiger partial charge >= 0.3 is 5.97 Å². The molecule has 8 heteroatoms. The summed E-state index contributed by atoms with van der Waals surface area (Å²) in [5, 5.41) is 0.634. The number of hydrogen-bond donors (Lipinski definition) is 0. The van der Waals surface area contributed by atoms with Gasteiger partial charge in [0.1, 0.15) is 11.0 Å². The molecule has 0 bridgehead atoms. The quantitative estimate of drug-likeness (QED) is 0.730. The van der Waals surface area contributed by atoms with Crippen molar-refractivity contribution in [2.75, 3.05) is 26.0 Å². The minimum Gasteiger partial charge on any atom is -0.468 e. The highest BCUT2D eigenvalue weighted by Gasteiger charge is 2.31.